The van der Waals surface area contributed by atoms with Gasteiger partial charge in [0.05, 0.1) is 0 Å². The van der Waals surface area contributed by atoms with E-state index >= 15 is 0 Å². The fourth-order valence-corrected chi connectivity index (χ4v) is 3.45. The van der Waals surface area contributed by atoms with E-state index in [1.807, 2.05) is 31.2 Å². The van der Waals surface area contributed by atoms with E-state index in [-0.39, 0.29) is 0 Å². The van der Waals surface area contributed by atoms with Gasteiger partial charge in [0.15, 0.2) is 11.5 Å². The number of rotatable bonds is 4. The maximum atomic E-state index is 5.65. The van der Waals surface area contributed by atoms with Crippen molar-refractivity contribution in [2.45, 2.75) is 27.7 Å². The molecule has 0 unspecified atom stereocenters. The van der Waals surface area contributed by atoms with Gasteiger partial charge in [-0.15, -0.1) is 0 Å². The van der Waals surface area contributed by atoms with E-state index in [0.717, 1.165) is 28.6 Å². The molecule has 0 bridgehead atoms. The standard InChI is InChI=1S/C22H24N4O2/c1-13-9-14(2)21(15(3)10-13)26-22-23-16(4)11-20(25-22)24-17-5-6-18-19(12-17)28-8-7-27-18/h5-6,9-12H,7-8H2,1-4H3,(H2,23,24,25,26). The topological polar surface area (TPSA) is 68.3 Å². The zero-order valence-corrected chi connectivity index (χ0v) is 16.6. The van der Waals surface area contributed by atoms with Gasteiger partial charge >= 0.3 is 0 Å². The van der Waals surface area contributed by atoms with Crippen LogP contribution in [-0.2, 0) is 0 Å². The van der Waals surface area contributed by atoms with Gasteiger partial charge in [0, 0.05) is 29.2 Å². The Labute approximate surface area is 164 Å². The second-order valence-corrected chi connectivity index (χ2v) is 7.10. The number of benzene rings is 2. The summed E-state index contributed by atoms with van der Waals surface area (Å²) in [6.45, 7) is 9.38. The maximum Gasteiger partial charge on any atom is 0.229 e. The number of nitrogens with one attached hydrogen (secondary N) is 2. The van der Waals surface area contributed by atoms with Gasteiger partial charge < -0.3 is 20.1 Å². The van der Waals surface area contributed by atoms with Crippen LogP contribution < -0.4 is 20.1 Å². The lowest BCUT2D eigenvalue weighted by Gasteiger charge is -2.19. The second kappa shape index (κ2) is 7.38. The number of nitrogens with zero attached hydrogens (tertiary/aromatic N) is 2. The molecule has 28 heavy (non-hydrogen) atoms. The summed E-state index contributed by atoms with van der Waals surface area (Å²) in [5.41, 5.74) is 6.39. The van der Waals surface area contributed by atoms with E-state index in [1.165, 1.54) is 16.7 Å². The normalized spacial score (nSPS) is 12.6. The molecule has 0 atom stereocenters. The first kappa shape index (κ1) is 18.1. The lowest BCUT2D eigenvalue weighted by atomic mass is 10.1. The van der Waals surface area contributed by atoms with Crippen LogP contribution in [0.2, 0.25) is 0 Å². The fraction of sp³-hybridized carbons (Fsp3) is 0.273. The van der Waals surface area contributed by atoms with Gasteiger partial charge in [-0.2, -0.15) is 4.98 Å². The van der Waals surface area contributed by atoms with Crippen molar-refractivity contribution in [2.75, 3.05) is 23.8 Å². The maximum absolute atomic E-state index is 5.65. The Morgan fingerprint density at radius 1 is 0.786 bits per heavy atom. The number of anilines is 4. The Balaban J connectivity index is 1.59. The smallest absolute Gasteiger partial charge is 0.229 e. The molecular formula is C22H24N4O2. The van der Waals surface area contributed by atoms with Gasteiger partial charge in [0.1, 0.15) is 19.0 Å². The van der Waals surface area contributed by atoms with Crippen LogP contribution in [0.25, 0.3) is 0 Å². The molecule has 6 heteroatoms. The third-order valence-electron chi connectivity index (χ3n) is 4.58. The molecule has 0 saturated heterocycles. The predicted octanol–water partition coefficient (Wildman–Crippen LogP) is 4.97. The third-order valence-corrected chi connectivity index (χ3v) is 4.58. The van der Waals surface area contributed by atoms with Crippen molar-refractivity contribution >= 4 is 23.1 Å². The molecular weight excluding hydrogens is 352 g/mol. The summed E-state index contributed by atoms with van der Waals surface area (Å²) in [4.78, 5) is 9.17. The summed E-state index contributed by atoms with van der Waals surface area (Å²) in [6, 6.07) is 12.0. The summed E-state index contributed by atoms with van der Waals surface area (Å²) < 4.78 is 11.2. The summed E-state index contributed by atoms with van der Waals surface area (Å²) in [5, 5.41) is 6.71. The molecule has 0 aliphatic carbocycles. The number of ether oxygens (including phenoxy) is 2. The quantitative estimate of drug-likeness (QED) is 0.670. The van der Waals surface area contributed by atoms with Crippen molar-refractivity contribution in [3.8, 4) is 11.5 Å². The number of hydrogen-bond acceptors (Lipinski definition) is 6. The molecule has 0 fully saturated rings. The SMILES string of the molecule is Cc1cc(C)c(Nc2nc(C)cc(Nc3ccc4c(c3)OCCO4)n2)c(C)c1. The van der Waals surface area contributed by atoms with Crippen molar-refractivity contribution in [1.82, 2.24) is 9.97 Å². The summed E-state index contributed by atoms with van der Waals surface area (Å²) in [6.07, 6.45) is 0. The van der Waals surface area contributed by atoms with Crippen molar-refractivity contribution < 1.29 is 9.47 Å². The number of aryl methyl sites for hydroxylation is 4. The van der Waals surface area contributed by atoms with Gasteiger partial charge in [-0.3, -0.25) is 0 Å². The van der Waals surface area contributed by atoms with Gasteiger partial charge in [-0.1, -0.05) is 17.7 Å². The molecule has 0 radical (unpaired) electrons. The van der Waals surface area contributed by atoms with Crippen molar-refractivity contribution in [1.29, 1.82) is 0 Å². The van der Waals surface area contributed by atoms with E-state index < -0.39 is 0 Å². The minimum atomic E-state index is 0.562. The van der Waals surface area contributed by atoms with Crippen LogP contribution in [0.4, 0.5) is 23.1 Å². The molecule has 0 saturated carbocycles. The van der Waals surface area contributed by atoms with Gasteiger partial charge in [-0.05, 0) is 51.0 Å². The van der Waals surface area contributed by atoms with Gasteiger partial charge in [-0.25, -0.2) is 4.98 Å². The van der Waals surface area contributed by atoms with E-state index in [2.05, 4.69) is 53.5 Å². The molecule has 1 aliphatic rings. The molecule has 0 amide bonds. The molecule has 4 rings (SSSR count). The average Bonchev–Trinajstić information content (AvgIpc) is 2.64. The van der Waals surface area contributed by atoms with E-state index in [0.29, 0.717) is 25.0 Å². The number of hydrogen-bond donors (Lipinski definition) is 2. The van der Waals surface area contributed by atoms with Crippen LogP contribution >= 0.6 is 0 Å². The van der Waals surface area contributed by atoms with Crippen molar-refractivity contribution in [3.63, 3.8) is 0 Å². The molecule has 2 N–H and O–H groups in total. The molecule has 1 aromatic heterocycles. The predicted molar refractivity (Wildman–Crippen MR) is 111 cm³/mol. The largest absolute Gasteiger partial charge is 0.486 e. The highest BCUT2D eigenvalue weighted by molar-refractivity contribution is 5.66. The first-order valence-corrected chi connectivity index (χ1v) is 9.35. The lowest BCUT2D eigenvalue weighted by molar-refractivity contribution is 0.171. The summed E-state index contributed by atoms with van der Waals surface area (Å²) in [5.74, 6) is 2.79. The van der Waals surface area contributed by atoms with Gasteiger partial charge in [0.2, 0.25) is 5.95 Å². The molecule has 6 nitrogen and oxygen atoms in total. The zero-order chi connectivity index (χ0) is 19.7. The Morgan fingerprint density at radius 2 is 1.50 bits per heavy atom. The molecule has 2 aromatic carbocycles. The number of fused-ring (bicyclic) bond motifs is 1. The highest BCUT2D eigenvalue weighted by Crippen LogP contribution is 2.33. The zero-order valence-electron chi connectivity index (χ0n) is 16.6. The highest BCUT2D eigenvalue weighted by Gasteiger charge is 2.13. The average molecular weight is 376 g/mol. The molecule has 0 spiro atoms. The Bertz CT molecular complexity index is 1010. The summed E-state index contributed by atoms with van der Waals surface area (Å²) >= 11 is 0. The van der Waals surface area contributed by atoms with Crippen LogP contribution in [0.1, 0.15) is 22.4 Å². The van der Waals surface area contributed by atoms with Crippen molar-refractivity contribution in [2.24, 2.45) is 0 Å². The Morgan fingerprint density at radius 3 is 2.25 bits per heavy atom. The fourth-order valence-electron chi connectivity index (χ4n) is 3.45. The first-order valence-electron chi connectivity index (χ1n) is 9.35. The second-order valence-electron chi connectivity index (χ2n) is 7.10. The minimum Gasteiger partial charge on any atom is -0.486 e. The molecule has 1 aliphatic heterocycles. The first-order chi connectivity index (χ1) is 13.5. The third kappa shape index (κ3) is 3.86. The van der Waals surface area contributed by atoms with E-state index in [4.69, 9.17) is 9.47 Å². The highest BCUT2D eigenvalue weighted by atomic mass is 16.6. The Hall–Kier alpha value is -3.28. The van der Waals surface area contributed by atoms with Crippen LogP contribution in [0.3, 0.4) is 0 Å². The van der Waals surface area contributed by atoms with E-state index in [9.17, 15) is 0 Å². The number of aromatic nitrogens is 2. The van der Waals surface area contributed by atoms with Crippen LogP contribution in [-0.4, -0.2) is 23.2 Å². The van der Waals surface area contributed by atoms with Crippen molar-refractivity contribution in [3.05, 3.63) is 58.8 Å². The van der Waals surface area contributed by atoms with Gasteiger partial charge in [0.25, 0.3) is 0 Å². The van der Waals surface area contributed by atoms with Crippen LogP contribution in [0.15, 0.2) is 36.4 Å². The summed E-state index contributed by atoms with van der Waals surface area (Å²) in [7, 11) is 0. The molecule has 2 heterocycles. The minimum absolute atomic E-state index is 0.562. The lowest BCUT2D eigenvalue weighted by Crippen LogP contribution is -2.15. The molecule has 3 aromatic rings. The van der Waals surface area contributed by atoms with Crippen LogP contribution in [0.5, 0.6) is 11.5 Å². The molecule has 144 valence electrons. The van der Waals surface area contributed by atoms with Crippen LogP contribution in [0, 0.1) is 27.7 Å². The van der Waals surface area contributed by atoms with E-state index in [1.54, 1.807) is 0 Å². The monoisotopic (exact) mass is 376 g/mol. The Kier molecular flexibility index (Phi) is 4.77.